The van der Waals surface area contributed by atoms with Crippen molar-refractivity contribution < 1.29 is 84.6 Å². The number of hydrogen-bond donors (Lipinski definition) is 10. The Morgan fingerprint density at radius 1 is 0.439 bits per heavy atom. The molecule has 0 saturated heterocycles. The molecule has 0 saturated carbocycles. The lowest BCUT2D eigenvalue weighted by Crippen LogP contribution is -2.36. The summed E-state index contributed by atoms with van der Waals surface area (Å²) in [5.41, 5.74) is 0.323. The van der Waals surface area contributed by atoms with E-state index >= 15 is 0 Å². The third kappa shape index (κ3) is 68.4. The molecule has 0 amide bonds. The molecule has 0 aromatic carbocycles. The average molecular weight is 1410 g/mol. The Morgan fingerprint density at radius 3 is 0.806 bits per heavy atom. The van der Waals surface area contributed by atoms with E-state index in [9.17, 15) is 33.6 Å². The number of carboxylic acids is 6. The molecular formula is C81H162O17. The predicted molar refractivity (Wildman–Crippen MR) is 413 cm³/mol. The number of rotatable bonds is 15. The van der Waals surface area contributed by atoms with Gasteiger partial charge in [0.25, 0.3) is 0 Å². The van der Waals surface area contributed by atoms with Crippen LogP contribution in [0.3, 0.4) is 0 Å². The smallest absolute Gasteiger partial charge is 0.333 e. The molecule has 0 rings (SSSR count). The molecule has 17 nitrogen and oxygen atoms in total. The van der Waals surface area contributed by atoms with Crippen LogP contribution in [0.1, 0.15) is 304 Å². The van der Waals surface area contributed by atoms with Crippen LogP contribution in [0.2, 0.25) is 0 Å². The summed E-state index contributed by atoms with van der Waals surface area (Å²) in [5.74, 6) is -4.33. The van der Waals surface area contributed by atoms with Crippen molar-refractivity contribution in [1.29, 1.82) is 0 Å². The molecule has 0 aliphatic carbocycles. The molecule has 9 atom stereocenters. The van der Waals surface area contributed by atoms with Crippen molar-refractivity contribution in [2.24, 2.45) is 101 Å². The molecule has 17 heteroatoms. The van der Waals surface area contributed by atoms with Crippen molar-refractivity contribution in [1.82, 2.24) is 0 Å². The first-order valence-electron chi connectivity index (χ1n) is 34.4. The minimum Gasteiger partial charge on any atom is -0.481 e. The summed E-state index contributed by atoms with van der Waals surface area (Å²) in [6, 6.07) is 0. The van der Waals surface area contributed by atoms with Gasteiger partial charge in [0.15, 0.2) is 6.10 Å². The van der Waals surface area contributed by atoms with Gasteiger partial charge in [-0.25, -0.2) is 14.4 Å². The fraction of sp³-hybridized carbons (Fsp3) is 0.815. The van der Waals surface area contributed by atoms with Crippen molar-refractivity contribution in [2.45, 2.75) is 316 Å². The maximum Gasteiger partial charge on any atom is 0.333 e. The Kier molecular flexibility index (Phi) is 62.6. The Hall–Kier alpha value is -4.71. The highest BCUT2D eigenvalue weighted by atomic mass is 16.4. The predicted octanol–water partition coefficient (Wildman–Crippen LogP) is 20.3. The van der Waals surface area contributed by atoms with E-state index in [2.05, 4.69) is 143 Å². The van der Waals surface area contributed by atoms with Crippen LogP contribution in [0.4, 0.5) is 0 Å². The van der Waals surface area contributed by atoms with Gasteiger partial charge in [0.1, 0.15) is 5.78 Å². The van der Waals surface area contributed by atoms with E-state index in [0.717, 1.165) is 18.3 Å². The second-order valence-corrected chi connectivity index (χ2v) is 36.6. The van der Waals surface area contributed by atoms with Gasteiger partial charge < -0.3 is 55.9 Å². The summed E-state index contributed by atoms with van der Waals surface area (Å²) in [4.78, 5) is 73.6. The number of aliphatic hydroxyl groups excluding tert-OH is 4. The molecule has 0 bridgehead atoms. The van der Waals surface area contributed by atoms with Gasteiger partial charge in [-0.2, -0.15) is 0 Å². The molecule has 0 fully saturated rings. The van der Waals surface area contributed by atoms with Crippen molar-refractivity contribution in [3.8, 4) is 0 Å². The quantitative estimate of drug-likeness (QED) is 0.0538. The van der Waals surface area contributed by atoms with Crippen molar-refractivity contribution in [3.63, 3.8) is 0 Å². The number of ketones is 1. The van der Waals surface area contributed by atoms with Gasteiger partial charge in [0.2, 0.25) is 0 Å². The lowest BCUT2D eigenvalue weighted by Gasteiger charge is -2.30. The summed E-state index contributed by atoms with van der Waals surface area (Å²) in [7, 11) is 0. The highest BCUT2D eigenvalue weighted by molar-refractivity contribution is 5.88. The molecule has 10 N–H and O–H groups in total. The van der Waals surface area contributed by atoms with Crippen LogP contribution in [-0.2, 0) is 33.6 Å². The fourth-order valence-electron chi connectivity index (χ4n) is 8.44. The summed E-state index contributed by atoms with van der Waals surface area (Å²) in [6.45, 7) is 84.7. The molecule has 0 aromatic heterocycles. The van der Waals surface area contributed by atoms with Gasteiger partial charge in [0, 0.05) is 24.2 Å². The Bertz CT molecular complexity index is 2260. The Morgan fingerprint density at radius 2 is 0.776 bits per heavy atom. The monoisotopic (exact) mass is 1410 g/mol. The number of carboxylic acid groups (broad SMARTS) is 6. The van der Waals surface area contributed by atoms with E-state index in [1.807, 2.05) is 75.3 Å². The van der Waals surface area contributed by atoms with Crippen LogP contribution in [0.15, 0.2) is 48.1 Å². The summed E-state index contributed by atoms with van der Waals surface area (Å²) >= 11 is 0. The molecule has 0 aliphatic heterocycles. The van der Waals surface area contributed by atoms with Gasteiger partial charge >= 0.3 is 35.8 Å². The topological polar surface area (TPSA) is 322 Å². The van der Waals surface area contributed by atoms with Crippen LogP contribution in [0, 0.1) is 101 Å². The third-order valence-electron chi connectivity index (χ3n) is 15.8. The molecule has 98 heavy (non-hydrogen) atoms. The highest BCUT2D eigenvalue weighted by Gasteiger charge is 2.37. The van der Waals surface area contributed by atoms with Crippen molar-refractivity contribution >= 4 is 41.6 Å². The largest absolute Gasteiger partial charge is 0.481 e. The van der Waals surface area contributed by atoms with E-state index < -0.39 is 71.2 Å². The Balaban J connectivity index is -0.0000000955. The Labute approximate surface area is 602 Å². The van der Waals surface area contributed by atoms with Crippen LogP contribution in [0.25, 0.3) is 0 Å². The first-order valence-corrected chi connectivity index (χ1v) is 34.4. The number of aliphatic carboxylic acids is 6. The van der Waals surface area contributed by atoms with Crippen LogP contribution < -0.4 is 0 Å². The maximum absolute atomic E-state index is 10.8. The van der Waals surface area contributed by atoms with E-state index in [4.69, 9.17) is 51.1 Å². The zero-order chi connectivity index (χ0) is 81.3. The number of Topliss-reactive ketones (excluding diaryl/α,β-unsaturated/α-hetero) is 1. The van der Waals surface area contributed by atoms with E-state index in [-0.39, 0.29) is 64.8 Å². The lowest BCUT2D eigenvalue weighted by atomic mass is 9.74. The maximum atomic E-state index is 10.8. The number of aliphatic hydroxyl groups is 4. The number of carbonyl (C=O) groups is 7. The van der Waals surface area contributed by atoms with Gasteiger partial charge in [-0.15, -0.1) is 6.58 Å². The summed E-state index contributed by atoms with van der Waals surface area (Å²) in [6.07, 6.45) is 9.18. The van der Waals surface area contributed by atoms with Gasteiger partial charge in [-0.05, 0) is 118 Å². The first kappa shape index (κ1) is 117. The third-order valence-corrected chi connectivity index (χ3v) is 15.8. The minimum absolute atomic E-state index is 0. The van der Waals surface area contributed by atoms with Crippen LogP contribution in [0.5, 0.6) is 0 Å². The number of carbonyl (C=O) groups excluding carboxylic acids is 1. The molecule has 588 valence electrons. The average Bonchev–Trinajstić information content (AvgIpc) is 0.868. The second kappa shape index (κ2) is 52.3. The number of allylic oxidation sites excluding steroid dienone is 5. The normalized spacial score (nSPS) is 15.0. The molecule has 0 aromatic rings. The van der Waals surface area contributed by atoms with Gasteiger partial charge in [0.05, 0.1) is 30.5 Å². The molecule has 0 heterocycles. The SMILES string of the molecule is C.C/C=C(\C(=O)O)C(C)(C)C.C/C=C\C(C)C(C)(C)C.C=CC(C)C(C)(C)C.CC(=O)CC(C)(C)C.CC(C)(C)C(CO)C(=O)O.CC(C)(C)C(O)C(=O)O.CC(C)C(C)C(C)(C)C.CC(CO)C(C(=O)O)C(C)(C)C.CC(O)C(C(=O)O)C(C)(C)C.CC/C=C(\C(=O)O)C(C)(C)C. The zero-order valence-corrected chi connectivity index (χ0v) is 70.0. The van der Waals surface area contributed by atoms with E-state index in [1.54, 1.807) is 95.2 Å². The molecule has 0 radical (unpaired) electrons. The number of hydrogen-bond acceptors (Lipinski definition) is 11. The fourth-order valence-corrected chi connectivity index (χ4v) is 8.44. The van der Waals surface area contributed by atoms with Crippen molar-refractivity contribution in [2.75, 3.05) is 13.2 Å². The lowest BCUT2D eigenvalue weighted by molar-refractivity contribution is -0.152. The highest BCUT2D eigenvalue weighted by Crippen LogP contribution is 2.34. The molecule has 0 aliphatic rings. The van der Waals surface area contributed by atoms with E-state index in [1.165, 1.54) is 6.92 Å². The van der Waals surface area contributed by atoms with Gasteiger partial charge in [-0.3, -0.25) is 14.4 Å². The summed E-state index contributed by atoms with van der Waals surface area (Å²) < 4.78 is 0. The molecule has 0 spiro atoms. The molecular weight excluding hydrogens is 1240 g/mol. The first-order chi connectivity index (χ1) is 42.3. The zero-order valence-electron chi connectivity index (χ0n) is 70.0. The van der Waals surface area contributed by atoms with Crippen LogP contribution >= 0.6 is 0 Å². The molecule has 9 unspecified atom stereocenters. The van der Waals surface area contributed by atoms with Crippen LogP contribution in [-0.4, -0.2) is 118 Å². The standard InChI is InChI=1S/C9H18O3.C9H16O2.C9H20.C9H18.C8H16O3.C8H14O2.C8H16.C7H14O3.C7H14O.C6H12O3.CH4/c1-6(5-10)7(8(11)12)9(2,3)4;1-5-6-7(8(10)11)9(2,3)4;1-7(2)8(3)9(4,5)6;1-6-7-8(2)9(3,4)5;1-5(9)6(7(10)11)8(2,3)4;1-5-6(7(9)10)8(2,3)4;1-6-7(2)8(3,4)5;1-7(2,3)5(4-8)6(9)10;1-6(8)5-7(2,3)4;1-6(2,3)4(7)5(8)9;/h6-7,10H,5H2,1-4H3,(H,11,12);6H,5H2,1-4H3,(H,10,11);7-8H,1-6H3;6-8H,1-5H3;5-6,9H,1-4H3,(H,10,11);5H,1-4H3,(H,9,10);6-7H,1H2,2-5H3;5,8H,4H2,1-3H3,(H,9,10);5H2,1-4H3;4,7H,1-3H3,(H,8,9);1H4/b;7-6+;;7-6-;;6-5+;;;;;. The van der Waals surface area contributed by atoms with E-state index in [0.29, 0.717) is 45.6 Å². The second-order valence-electron chi connectivity index (χ2n) is 36.6. The van der Waals surface area contributed by atoms with Crippen molar-refractivity contribution in [3.05, 3.63) is 48.1 Å². The minimum atomic E-state index is -1.27. The van der Waals surface area contributed by atoms with Gasteiger partial charge in [-0.1, -0.05) is 294 Å². The summed E-state index contributed by atoms with van der Waals surface area (Å²) in [5, 5.41) is 87.4.